The van der Waals surface area contributed by atoms with Gasteiger partial charge in [0.25, 0.3) is 0 Å². The van der Waals surface area contributed by atoms with Crippen molar-refractivity contribution in [1.82, 2.24) is 24.8 Å². The van der Waals surface area contributed by atoms with Crippen LogP contribution in [0.2, 0.25) is 0 Å². The zero-order chi connectivity index (χ0) is 24.0. The Morgan fingerprint density at radius 1 is 1.00 bits per heavy atom. The molecule has 176 valence electrons. The van der Waals surface area contributed by atoms with E-state index in [0.29, 0.717) is 24.6 Å². The van der Waals surface area contributed by atoms with Gasteiger partial charge in [-0.2, -0.15) is 0 Å². The van der Waals surface area contributed by atoms with Crippen LogP contribution in [0.3, 0.4) is 0 Å². The van der Waals surface area contributed by atoms with Gasteiger partial charge in [0.1, 0.15) is 0 Å². The van der Waals surface area contributed by atoms with E-state index < -0.39 is 0 Å². The quantitative estimate of drug-likeness (QED) is 0.364. The summed E-state index contributed by atoms with van der Waals surface area (Å²) in [7, 11) is 0. The van der Waals surface area contributed by atoms with Crippen molar-refractivity contribution in [3.8, 4) is 0 Å². The van der Waals surface area contributed by atoms with Crippen molar-refractivity contribution in [3.63, 3.8) is 0 Å². The Morgan fingerprint density at radius 2 is 1.86 bits per heavy atom. The number of pyridine rings is 2. The molecule has 2 N–H and O–H groups in total. The minimum absolute atomic E-state index is 0.0511. The number of para-hydroxylation sites is 1. The van der Waals surface area contributed by atoms with Gasteiger partial charge in [-0.1, -0.05) is 30.3 Å². The fourth-order valence-electron chi connectivity index (χ4n) is 4.46. The van der Waals surface area contributed by atoms with Crippen LogP contribution in [0.5, 0.6) is 0 Å². The molecule has 0 unspecified atom stereocenters. The Morgan fingerprint density at radius 3 is 2.63 bits per heavy atom. The number of amides is 1. The Hall–Kier alpha value is -4.04. The van der Waals surface area contributed by atoms with Gasteiger partial charge in [-0.05, 0) is 60.2 Å². The summed E-state index contributed by atoms with van der Waals surface area (Å²) < 4.78 is 2.21. The van der Waals surface area contributed by atoms with Crippen LogP contribution in [0, 0.1) is 0 Å². The third-order valence-electron chi connectivity index (χ3n) is 6.08. The molecule has 0 saturated carbocycles. The maximum atomic E-state index is 12.7. The Labute approximate surface area is 209 Å². The first-order valence-electron chi connectivity index (χ1n) is 11.6. The second-order valence-corrected chi connectivity index (χ2v) is 8.79. The monoisotopic (exact) mass is 482 g/mol. The van der Waals surface area contributed by atoms with Crippen LogP contribution in [0.25, 0.3) is 0 Å². The Balaban J connectivity index is 1.41. The molecule has 1 amide bonds. The fourth-order valence-corrected chi connectivity index (χ4v) is 4.79. The lowest BCUT2D eigenvalue weighted by molar-refractivity contribution is -0.116. The minimum atomic E-state index is -0.136. The van der Waals surface area contributed by atoms with Crippen LogP contribution in [0.1, 0.15) is 35.5 Å². The van der Waals surface area contributed by atoms with E-state index in [1.165, 1.54) is 0 Å². The summed E-state index contributed by atoms with van der Waals surface area (Å²) in [4.78, 5) is 23.7. The highest BCUT2D eigenvalue weighted by molar-refractivity contribution is 7.80. The minimum Gasteiger partial charge on any atom is -0.352 e. The fraction of sp³-hybridized carbons (Fsp3) is 0.185. The van der Waals surface area contributed by atoms with Crippen LogP contribution in [-0.2, 0) is 11.3 Å². The van der Waals surface area contributed by atoms with Gasteiger partial charge in [0.15, 0.2) is 5.11 Å². The van der Waals surface area contributed by atoms with Crippen LogP contribution < -0.4 is 10.6 Å². The Bertz CT molecular complexity index is 1280. The van der Waals surface area contributed by atoms with Gasteiger partial charge in [-0.15, -0.1) is 0 Å². The van der Waals surface area contributed by atoms with E-state index >= 15 is 0 Å². The molecule has 4 heterocycles. The summed E-state index contributed by atoms with van der Waals surface area (Å²) in [6.07, 6.45) is 7.83. The number of anilines is 1. The normalized spacial score (nSPS) is 17.3. The first-order valence-corrected chi connectivity index (χ1v) is 12.0. The predicted octanol–water partition coefficient (Wildman–Crippen LogP) is 4.33. The van der Waals surface area contributed by atoms with Crippen molar-refractivity contribution >= 4 is 28.9 Å². The number of hydrogen-bond donors (Lipinski definition) is 2. The van der Waals surface area contributed by atoms with Crippen LogP contribution in [0.15, 0.2) is 97.6 Å². The zero-order valence-electron chi connectivity index (χ0n) is 19.1. The number of aromatic nitrogens is 3. The van der Waals surface area contributed by atoms with Crippen molar-refractivity contribution in [1.29, 1.82) is 0 Å². The molecule has 4 aromatic rings. The number of carbonyl (C=O) groups excluding carboxylic acids is 1. The average Bonchev–Trinajstić information content (AvgIpc) is 3.47. The zero-order valence-corrected chi connectivity index (χ0v) is 19.9. The lowest BCUT2D eigenvalue weighted by Gasteiger charge is -2.29. The molecule has 1 aromatic carbocycles. The van der Waals surface area contributed by atoms with E-state index in [1.54, 1.807) is 12.4 Å². The van der Waals surface area contributed by atoms with Crippen molar-refractivity contribution in [2.45, 2.75) is 25.0 Å². The van der Waals surface area contributed by atoms with Crippen molar-refractivity contribution < 1.29 is 4.79 Å². The predicted molar refractivity (Wildman–Crippen MR) is 140 cm³/mol. The topological polar surface area (TPSA) is 75.1 Å². The van der Waals surface area contributed by atoms with E-state index in [2.05, 4.69) is 48.4 Å². The smallest absolute Gasteiger partial charge is 0.226 e. The molecule has 0 spiro atoms. The number of nitrogens with one attached hydrogen (secondary N) is 2. The van der Waals surface area contributed by atoms with Crippen molar-refractivity contribution in [2.24, 2.45) is 0 Å². The lowest BCUT2D eigenvalue weighted by atomic mass is 10.0. The van der Waals surface area contributed by atoms with Gasteiger partial charge in [0.05, 0.1) is 17.8 Å². The molecule has 2 atom stereocenters. The molecule has 0 bridgehead atoms. The largest absolute Gasteiger partial charge is 0.352 e. The van der Waals surface area contributed by atoms with Gasteiger partial charge >= 0.3 is 0 Å². The molecule has 1 fully saturated rings. The molecule has 3 aromatic heterocycles. The first kappa shape index (κ1) is 22.7. The molecule has 1 saturated heterocycles. The molecule has 1 aliphatic rings. The van der Waals surface area contributed by atoms with Gasteiger partial charge in [0, 0.05) is 55.7 Å². The van der Waals surface area contributed by atoms with E-state index in [0.717, 1.165) is 22.6 Å². The maximum absolute atomic E-state index is 12.7. The molecule has 7 nitrogen and oxygen atoms in total. The molecule has 0 radical (unpaired) electrons. The number of rotatable bonds is 8. The summed E-state index contributed by atoms with van der Waals surface area (Å²) in [5, 5.41) is 7.04. The molecular weight excluding hydrogens is 456 g/mol. The summed E-state index contributed by atoms with van der Waals surface area (Å²) >= 11 is 5.76. The second-order valence-electron chi connectivity index (χ2n) is 8.41. The number of carbonyl (C=O) groups is 1. The molecule has 1 aliphatic heterocycles. The first-order chi connectivity index (χ1) is 17.2. The van der Waals surface area contributed by atoms with Gasteiger partial charge in [-0.25, -0.2) is 0 Å². The van der Waals surface area contributed by atoms with Gasteiger partial charge in [0.2, 0.25) is 5.91 Å². The lowest BCUT2D eigenvalue weighted by Crippen LogP contribution is -2.33. The molecule has 5 rings (SSSR count). The number of hydrogen-bond acceptors (Lipinski definition) is 4. The maximum Gasteiger partial charge on any atom is 0.226 e. The molecule has 0 aliphatic carbocycles. The van der Waals surface area contributed by atoms with Crippen molar-refractivity contribution in [2.75, 3.05) is 11.9 Å². The third kappa shape index (κ3) is 5.22. The van der Waals surface area contributed by atoms with E-state index in [-0.39, 0.29) is 18.0 Å². The van der Waals surface area contributed by atoms with E-state index in [4.69, 9.17) is 12.2 Å². The van der Waals surface area contributed by atoms with Crippen LogP contribution in [0.4, 0.5) is 5.69 Å². The molecule has 35 heavy (non-hydrogen) atoms. The van der Waals surface area contributed by atoms with Crippen molar-refractivity contribution in [3.05, 3.63) is 115 Å². The van der Waals surface area contributed by atoms with Crippen LogP contribution in [-0.4, -0.2) is 37.0 Å². The highest BCUT2D eigenvalue weighted by atomic mass is 32.1. The van der Waals surface area contributed by atoms with Gasteiger partial charge < -0.3 is 20.1 Å². The summed E-state index contributed by atoms with van der Waals surface area (Å²) in [5.41, 5.74) is 3.90. The number of benzene rings is 1. The summed E-state index contributed by atoms with van der Waals surface area (Å²) in [5.74, 6) is -0.0511. The standard InChI is InChI=1S/C27H26N6OS/c34-24(30-21-9-2-1-3-10-21)13-17-33-26(25(31-27(33)35)22-11-4-5-15-29-22)23-12-7-16-32(23)19-20-8-6-14-28-18-20/h1-12,14-16,18,25-26H,13,17,19H2,(H,30,34)(H,31,35)/t25-,26+/m1/s1. The average molecular weight is 483 g/mol. The SMILES string of the molecule is O=C(CCN1C(=S)N[C@H](c2ccccn2)[C@@H]1c1cccn1Cc1cccnc1)Nc1ccccc1. The number of thiocarbonyl (C=S) groups is 1. The second kappa shape index (κ2) is 10.5. The highest BCUT2D eigenvalue weighted by Gasteiger charge is 2.41. The summed E-state index contributed by atoms with van der Waals surface area (Å²) in [6.45, 7) is 1.17. The number of nitrogens with zero attached hydrogens (tertiary/aromatic N) is 4. The molecule has 8 heteroatoms. The molecular formula is C27H26N6OS. The van der Waals surface area contributed by atoms with E-state index in [1.807, 2.05) is 66.9 Å². The third-order valence-corrected chi connectivity index (χ3v) is 6.43. The van der Waals surface area contributed by atoms with Gasteiger partial charge in [-0.3, -0.25) is 14.8 Å². The summed E-state index contributed by atoms with van der Waals surface area (Å²) in [6, 6.07) is 23.3. The Kier molecular flexibility index (Phi) is 6.81. The van der Waals surface area contributed by atoms with Crippen LogP contribution >= 0.6 is 12.2 Å². The highest BCUT2D eigenvalue weighted by Crippen LogP contribution is 2.39. The van der Waals surface area contributed by atoms with E-state index in [9.17, 15) is 4.79 Å².